The highest BCUT2D eigenvalue weighted by atomic mass is 14.2. The molecule has 26 heavy (non-hydrogen) atoms. The second-order valence-corrected chi connectivity index (χ2v) is 8.44. The van der Waals surface area contributed by atoms with Gasteiger partial charge in [-0.2, -0.15) is 0 Å². The van der Waals surface area contributed by atoms with Gasteiger partial charge >= 0.3 is 0 Å². The van der Waals surface area contributed by atoms with E-state index in [0.717, 1.165) is 11.8 Å². The molecule has 0 N–H and O–H groups in total. The molecule has 0 heteroatoms. The molecule has 1 aliphatic carbocycles. The number of rotatable bonds is 8. The number of hydrogen-bond acceptors (Lipinski definition) is 0. The zero-order chi connectivity index (χ0) is 18.2. The van der Waals surface area contributed by atoms with Crippen molar-refractivity contribution in [3.8, 4) is 11.1 Å². The van der Waals surface area contributed by atoms with Crippen LogP contribution in [0, 0.1) is 5.92 Å². The van der Waals surface area contributed by atoms with Crippen LogP contribution in [0.3, 0.4) is 0 Å². The molecule has 0 saturated heterocycles. The van der Waals surface area contributed by atoms with Crippen molar-refractivity contribution in [2.45, 2.75) is 84.0 Å². The van der Waals surface area contributed by atoms with Crippen LogP contribution < -0.4 is 0 Å². The molecule has 0 aromatic heterocycles. The van der Waals surface area contributed by atoms with Gasteiger partial charge in [0.2, 0.25) is 0 Å². The highest BCUT2D eigenvalue weighted by Crippen LogP contribution is 2.36. The molecule has 3 rings (SSSR count). The van der Waals surface area contributed by atoms with Crippen molar-refractivity contribution in [3.05, 3.63) is 59.7 Å². The first-order chi connectivity index (χ1) is 12.8. The van der Waals surface area contributed by atoms with Crippen molar-refractivity contribution in [1.82, 2.24) is 0 Å². The predicted molar refractivity (Wildman–Crippen MR) is 115 cm³/mol. The summed E-state index contributed by atoms with van der Waals surface area (Å²) in [6, 6.07) is 18.7. The Morgan fingerprint density at radius 2 is 1.27 bits per heavy atom. The number of unbranched alkanes of at least 4 members (excludes halogenated alkanes) is 4. The molecule has 0 bridgehead atoms. The molecule has 0 amide bonds. The van der Waals surface area contributed by atoms with E-state index in [1.54, 1.807) is 5.56 Å². The smallest absolute Gasteiger partial charge is 0.0162 e. The van der Waals surface area contributed by atoms with Crippen LogP contribution in [-0.2, 0) is 6.42 Å². The minimum Gasteiger partial charge on any atom is -0.0654 e. The lowest BCUT2D eigenvalue weighted by Gasteiger charge is -2.26. The maximum atomic E-state index is 2.40. The highest BCUT2D eigenvalue weighted by molar-refractivity contribution is 5.64. The lowest BCUT2D eigenvalue weighted by atomic mass is 9.79. The minimum absolute atomic E-state index is 0.787. The van der Waals surface area contributed by atoms with Crippen molar-refractivity contribution in [3.63, 3.8) is 0 Å². The monoisotopic (exact) mass is 348 g/mol. The summed E-state index contributed by atoms with van der Waals surface area (Å²) in [5.74, 6) is 1.71. The van der Waals surface area contributed by atoms with Gasteiger partial charge in [0.25, 0.3) is 0 Å². The van der Waals surface area contributed by atoms with Gasteiger partial charge in [-0.1, -0.05) is 101 Å². The first kappa shape index (κ1) is 19.2. The molecule has 0 unspecified atom stereocenters. The molecule has 0 spiro atoms. The fourth-order valence-electron chi connectivity index (χ4n) is 4.34. The molecule has 1 aliphatic rings. The zero-order valence-electron chi connectivity index (χ0n) is 16.8. The molecule has 2 aromatic carbocycles. The third kappa shape index (κ3) is 5.47. The highest BCUT2D eigenvalue weighted by Gasteiger charge is 2.19. The first-order valence-electron chi connectivity index (χ1n) is 11.0. The summed E-state index contributed by atoms with van der Waals surface area (Å²) in [5, 5.41) is 0. The molecule has 0 aliphatic heterocycles. The van der Waals surface area contributed by atoms with Crippen molar-refractivity contribution >= 4 is 0 Å². The van der Waals surface area contributed by atoms with E-state index in [9.17, 15) is 0 Å². The van der Waals surface area contributed by atoms with Crippen LogP contribution >= 0.6 is 0 Å². The molecular formula is C26H36. The van der Waals surface area contributed by atoms with Crippen molar-refractivity contribution in [2.24, 2.45) is 5.92 Å². The lowest BCUT2D eigenvalue weighted by Crippen LogP contribution is -2.10. The Hall–Kier alpha value is -1.56. The SMILES string of the molecule is CCCCCCCc1ccc(-c2ccc(C3CCC(C)CC3)cc2)cc1. The zero-order valence-corrected chi connectivity index (χ0v) is 16.8. The summed E-state index contributed by atoms with van der Waals surface area (Å²) >= 11 is 0. The van der Waals surface area contributed by atoms with Crippen molar-refractivity contribution < 1.29 is 0 Å². The minimum atomic E-state index is 0.787. The van der Waals surface area contributed by atoms with Gasteiger partial charge in [0.1, 0.15) is 0 Å². The quantitative estimate of drug-likeness (QED) is 0.422. The normalized spacial score (nSPS) is 20.2. The van der Waals surface area contributed by atoms with Crippen LogP contribution in [-0.4, -0.2) is 0 Å². The molecule has 1 saturated carbocycles. The van der Waals surface area contributed by atoms with Crippen LogP contribution in [0.5, 0.6) is 0 Å². The summed E-state index contributed by atoms with van der Waals surface area (Å²) in [4.78, 5) is 0. The Morgan fingerprint density at radius 1 is 0.692 bits per heavy atom. The van der Waals surface area contributed by atoms with E-state index in [0.29, 0.717) is 0 Å². The van der Waals surface area contributed by atoms with E-state index in [2.05, 4.69) is 62.4 Å². The number of hydrogen-bond donors (Lipinski definition) is 0. The topological polar surface area (TPSA) is 0 Å². The van der Waals surface area contributed by atoms with Crippen LogP contribution in [0.2, 0.25) is 0 Å². The summed E-state index contributed by atoms with van der Waals surface area (Å²) < 4.78 is 0. The van der Waals surface area contributed by atoms with Gasteiger partial charge < -0.3 is 0 Å². The van der Waals surface area contributed by atoms with Gasteiger partial charge in [0.05, 0.1) is 0 Å². The molecule has 0 nitrogen and oxygen atoms in total. The standard InChI is InChI=1S/C26H36/c1-3-4-5-6-7-8-22-11-15-24(16-12-22)26-19-17-25(18-20-26)23-13-9-21(2)10-14-23/h11-12,15-21,23H,3-10,13-14H2,1-2H3. The predicted octanol–water partition coefficient (Wildman–Crippen LogP) is 8.16. The second-order valence-electron chi connectivity index (χ2n) is 8.44. The van der Waals surface area contributed by atoms with Crippen LogP contribution in [0.15, 0.2) is 48.5 Å². The van der Waals surface area contributed by atoms with Crippen molar-refractivity contribution in [1.29, 1.82) is 0 Å². The molecular weight excluding hydrogens is 312 g/mol. The summed E-state index contributed by atoms with van der Waals surface area (Å²) in [5.41, 5.74) is 5.73. The number of aryl methyl sites for hydroxylation is 1. The van der Waals surface area contributed by atoms with Gasteiger partial charge in [0.15, 0.2) is 0 Å². The summed E-state index contributed by atoms with van der Waals surface area (Å²) in [7, 11) is 0. The molecule has 140 valence electrons. The van der Waals surface area contributed by atoms with Crippen LogP contribution in [0.25, 0.3) is 11.1 Å². The van der Waals surface area contributed by atoms with E-state index < -0.39 is 0 Å². The van der Waals surface area contributed by atoms with E-state index in [1.807, 2.05) is 0 Å². The first-order valence-corrected chi connectivity index (χ1v) is 11.0. The Balaban J connectivity index is 1.54. The average Bonchev–Trinajstić information content (AvgIpc) is 2.69. The molecule has 0 heterocycles. The van der Waals surface area contributed by atoms with Crippen LogP contribution in [0.4, 0.5) is 0 Å². The summed E-state index contributed by atoms with van der Waals surface area (Å²) in [6.07, 6.45) is 13.6. The Kier molecular flexibility index (Phi) is 7.35. The van der Waals surface area contributed by atoms with Gasteiger partial charge in [-0.15, -0.1) is 0 Å². The summed E-state index contributed by atoms with van der Waals surface area (Å²) in [6.45, 7) is 4.68. The van der Waals surface area contributed by atoms with E-state index >= 15 is 0 Å². The Labute approximate surface area is 161 Å². The molecule has 0 atom stereocenters. The third-order valence-electron chi connectivity index (χ3n) is 6.25. The maximum Gasteiger partial charge on any atom is -0.0162 e. The third-order valence-corrected chi connectivity index (χ3v) is 6.25. The fourth-order valence-corrected chi connectivity index (χ4v) is 4.34. The molecule has 0 radical (unpaired) electrons. The van der Waals surface area contributed by atoms with E-state index in [-0.39, 0.29) is 0 Å². The van der Waals surface area contributed by atoms with E-state index in [1.165, 1.54) is 80.9 Å². The lowest BCUT2D eigenvalue weighted by molar-refractivity contribution is 0.348. The second kappa shape index (κ2) is 9.95. The van der Waals surface area contributed by atoms with Crippen LogP contribution in [0.1, 0.15) is 88.7 Å². The van der Waals surface area contributed by atoms with Crippen molar-refractivity contribution in [2.75, 3.05) is 0 Å². The van der Waals surface area contributed by atoms with E-state index in [4.69, 9.17) is 0 Å². The largest absolute Gasteiger partial charge is 0.0654 e. The van der Waals surface area contributed by atoms with Gasteiger partial charge in [0, 0.05) is 0 Å². The fraction of sp³-hybridized carbons (Fsp3) is 0.538. The Bertz CT molecular complexity index is 627. The van der Waals surface area contributed by atoms with Gasteiger partial charge in [-0.3, -0.25) is 0 Å². The average molecular weight is 349 g/mol. The maximum absolute atomic E-state index is 2.40. The molecule has 1 fully saturated rings. The molecule has 2 aromatic rings. The Morgan fingerprint density at radius 3 is 1.88 bits per heavy atom. The van der Waals surface area contributed by atoms with Gasteiger partial charge in [-0.25, -0.2) is 0 Å². The number of benzene rings is 2. The van der Waals surface area contributed by atoms with Gasteiger partial charge in [-0.05, 0) is 59.8 Å².